The normalized spacial score (nSPS) is 10.9. The molecule has 8 nitrogen and oxygen atoms in total. The van der Waals surface area contributed by atoms with Crippen molar-refractivity contribution in [1.82, 2.24) is 5.43 Å². The van der Waals surface area contributed by atoms with Gasteiger partial charge < -0.3 is 19.9 Å². The lowest BCUT2D eigenvalue weighted by atomic mass is 10.2. The van der Waals surface area contributed by atoms with Crippen LogP contribution in [0.2, 0.25) is 5.02 Å². The second-order valence-electron chi connectivity index (χ2n) is 5.74. The topological polar surface area (TPSA) is 109 Å². The molecule has 148 valence electrons. The first kappa shape index (κ1) is 21.0. The highest BCUT2D eigenvalue weighted by Gasteiger charge is 2.13. The number of carbonyl (C=O) groups excluding carboxylic acids is 2. The Bertz CT molecular complexity index is 914. The molecule has 0 radical (unpaired) electrons. The third kappa shape index (κ3) is 5.62. The number of anilines is 1. The molecule has 0 spiro atoms. The Morgan fingerprint density at radius 2 is 1.89 bits per heavy atom. The number of hydrazone groups is 1. The average Bonchev–Trinajstić information content (AvgIpc) is 2.68. The Kier molecular flexibility index (Phi) is 7.22. The van der Waals surface area contributed by atoms with Gasteiger partial charge >= 0.3 is 0 Å². The molecule has 0 aliphatic carbocycles. The van der Waals surface area contributed by atoms with Gasteiger partial charge in [0.2, 0.25) is 5.91 Å². The van der Waals surface area contributed by atoms with Crippen LogP contribution < -0.4 is 20.2 Å². The number of halogens is 1. The van der Waals surface area contributed by atoms with Gasteiger partial charge in [-0.05, 0) is 37.3 Å². The molecule has 0 atom stereocenters. The Morgan fingerprint density at radius 1 is 1.14 bits per heavy atom. The predicted molar refractivity (Wildman–Crippen MR) is 106 cm³/mol. The van der Waals surface area contributed by atoms with Crippen LogP contribution in [0.5, 0.6) is 17.2 Å². The first-order valence-corrected chi connectivity index (χ1v) is 8.55. The molecule has 2 aromatic carbocycles. The molecule has 0 aliphatic heterocycles. The number of hydrogen-bond donors (Lipinski definition) is 3. The number of aromatic hydroxyl groups is 1. The van der Waals surface area contributed by atoms with Crippen LogP contribution >= 0.6 is 11.6 Å². The Balaban J connectivity index is 1.98. The molecule has 3 N–H and O–H groups in total. The van der Waals surface area contributed by atoms with Crippen LogP contribution in [0.15, 0.2) is 41.5 Å². The first-order valence-electron chi connectivity index (χ1n) is 8.18. The summed E-state index contributed by atoms with van der Waals surface area (Å²) in [5.41, 5.74) is 3.11. The van der Waals surface area contributed by atoms with E-state index in [1.54, 1.807) is 25.1 Å². The number of amides is 2. The molecule has 0 unspecified atom stereocenters. The quantitative estimate of drug-likeness (QED) is 0.484. The summed E-state index contributed by atoms with van der Waals surface area (Å²) < 4.78 is 10.3. The minimum atomic E-state index is -0.642. The van der Waals surface area contributed by atoms with E-state index in [1.807, 2.05) is 0 Å². The van der Waals surface area contributed by atoms with Gasteiger partial charge in [0.25, 0.3) is 5.91 Å². The highest BCUT2D eigenvalue weighted by molar-refractivity contribution is 6.31. The van der Waals surface area contributed by atoms with Crippen molar-refractivity contribution >= 4 is 34.8 Å². The van der Waals surface area contributed by atoms with Gasteiger partial charge in [-0.15, -0.1) is 0 Å². The summed E-state index contributed by atoms with van der Waals surface area (Å²) in [6.45, 7) is 1.59. The fourth-order valence-corrected chi connectivity index (χ4v) is 2.44. The number of rotatable bonds is 7. The minimum Gasteiger partial charge on any atom is -0.507 e. The lowest BCUT2D eigenvalue weighted by Gasteiger charge is -2.11. The number of hydrogen-bond acceptors (Lipinski definition) is 6. The SMILES string of the molecule is COc1ccc(NC(=O)C/C(C)=N\NC(=O)c2cc(Cl)ccc2O)c(OC)c1. The number of carbonyl (C=O) groups is 2. The number of nitrogens with zero attached hydrogens (tertiary/aromatic N) is 1. The molecule has 2 amide bonds. The van der Waals surface area contributed by atoms with Crippen LogP contribution in [0.25, 0.3) is 0 Å². The fraction of sp³-hybridized carbons (Fsp3) is 0.211. The molecular weight excluding hydrogens is 386 g/mol. The van der Waals surface area contributed by atoms with Crippen molar-refractivity contribution in [3.8, 4) is 17.2 Å². The summed E-state index contributed by atoms with van der Waals surface area (Å²) in [5, 5.41) is 16.6. The van der Waals surface area contributed by atoms with Crippen LogP contribution in [0.4, 0.5) is 5.69 Å². The molecule has 0 bridgehead atoms. The lowest BCUT2D eigenvalue weighted by Crippen LogP contribution is -2.21. The molecule has 0 saturated carbocycles. The summed E-state index contributed by atoms with van der Waals surface area (Å²) in [4.78, 5) is 24.3. The van der Waals surface area contributed by atoms with Crippen molar-refractivity contribution in [3.63, 3.8) is 0 Å². The van der Waals surface area contributed by atoms with Gasteiger partial charge in [-0.25, -0.2) is 5.43 Å². The van der Waals surface area contributed by atoms with Crippen molar-refractivity contribution in [2.24, 2.45) is 5.10 Å². The minimum absolute atomic E-state index is 0.0172. The average molecular weight is 406 g/mol. The van der Waals surface area contributed by atoms with Crippen molar-refractivity contribution in [1.29, 1.82) is 0 Å². The molecule has 0 fully saturated rings. The molecule has 0 saturated heterocycles. The zero-order valence-corrected chi connectivity index (χ0v) is 16.3. The van der Waals surface area contributed by atoms with E-state index in [0.717, 1.165) is 0 Å². The van der Waals surface area contributed by atoms with Crippen LogP contribution in [0, 0.1) is 0 Å². The molecule has 0 aromatic heterocycles. The summed E-state index contributed by atoms with van der Waals surface area (Å²) >= 11 is 5.82. The largest absolute Gasteiger partial charge is 0.507 e. The zero-order chi connectivity index (χ0) is 20.7. The van der Waals surface area contributed by atoms with Crippen LogP contribution in [0.1, 0.15) is 23.7 Å². The summed E-state index contributed by atoms with van der Waals surface area (Å²) in [6, 6.07) is 9.08. The van der Waals surface area contributed by atoms with E-state index in [-0.39, 0.29) is 23.6 Å². The van der Waals surface area contributed by atoms with Crippen LogP contribution in [-0.4, -0.2) is 36.9 Å². The first-order chi connectivity index (χ1) is 13.3. The van der Waals surface area contributed by atoms with E-state index in [9.17, 15) is 14.7 Å². The van der Waals surface area contributed by atoms with E-state index in [2.05, 4.69) is 15.8 Å². The van der Waals surface area contributed by atoms with Crippen molar-refractivity contribution < 1.29 is 24.2 Å². The summed E-state index contributed by atoms with van der Waals surface area (Å²) in [7, 11) is 3.02. The maximum Gasteiger partial charge on any atom is 0.275 e. The molecule has 28 heavy (non-hydrogen) atoms. The number of benzene rings is 2. The summed E-state index contributed by atoms with van der Waals surface area (Å²) in [5.74, 6) is -0.160. The zero-order valence-electron chi connectivity index (χ0n) is 15.6. The van der Waals surface area contributed by atoms with E-state index in [0.29, 0.717) is 27.9 Å². The third-order valence-corrected chi connectivity index (χ3v) is 3.89. The van der Waals surface area contributed by atoms with Gasteiger partial charge in [-0.1, -0.05) is 11.6 Å². The van der Waals surface area contributed by atoms with E-state index >= 15 is 0 Å². The molecular formula is C19H20ClN3O5. The van der Waals surface area contributed by atoms with Gasteiger partial charge in [0, 0.05) is 16.8 Å². The fourth-order valence-electron chi connectivity index (χ4n) is 2.26. The molecule has 9 heteroatoms. The third-order valence-electron chi connectivity index (χ3n) is 3.65. The maximum absolute atomic E-state index is 12.2. The molecule has 0 heterocycles. The van der Waals surface area contributed by atoms with Gasteiger partial charge in [-0.2, -0.15) is 5.10 Å². The Morgan fingerprint density at radius 3 is 2.57 bits per heavy atom. The van der Waals surface area contributed by atoms with E-state index in [4.69, 9.17) is 21.1 Å². The molecule has 2 rings (SSSR count). The van der Waals surface area contributed by atoms with Gasteiger partial charge in [-0.3, -0.25) is 9.59 Å². The van der Waals surface area contributed by atoms with Crippen LogP contribution in [0.3, 0.4) is 0 Å². The number of nitrogens with one attached hydrogen (secondary N) is 2. The smallest absolute Gasteiger partial charge is 0.275 e. The molecule has 2 aromatic rings. The van der Waals surface area contributed by atoms with Gasteiger partial charge in [0.05, 0.1) is 31.9 Å². The second-order valence-corrected chi connectivity index (χ2v) is 6.18. The molecule has 0 aliphatic rings. The Hall–Kier alpha value is -3.26. The highest BCUT2D eigenvalue weighted by atomic mass is 35.5. The highest BCUT2D eigenvalue weighted by Crippen LogP contribution is 2.29. The monoisotopic (exact) mass is 405 g/mol. The van der Waals surface area contributed by atoms with Crippen molar-refractivity contribution in [2.45, 2.75) is 13.3 Å². The van der Waals surface area contributed by atoms with Crippen molar-refractivity contribution in [3.05, 3.63) is 47.0 Å². The number of methoxy groups -OCH3 is 2. The second kappa shape index (κ2) is 9.61. The van der Waals surface area contributed by atoms with Crippen molar-refractivity contribution in [2.75, 3.05) is 19.5 Å². The predicted octanol–water partition coefficient (Wildman–Crippen LogP) is 3.20. The standard InChI is InChI=1S/C19H20ClN3O5/c1-11(22-23-19(26)14-9-12(20)4-7-16(14)24)8-18(25)21-15-6-5-13(27-2)10-17(15)28-3/h4-7,9-10,24H,8H2,1-3H3,(H,21,25)(H,23,26)/b22-11-. The van der Waals surface area contributed by atoms with Crippen LogP contribution in [-0.2, 0) is 4.79 Å². The lowest BCUT2D eigenvalue weighted by molar-refractivity contribution is -0.115. The van der Waals surface area contributed by atoms with Gasteiger partial charge in [0.1, 0.15) is 17.2 Å². The maximum atomic E-state index is 12.2. The number of phenolic OH excluding ortho intramolecular Hbond substituents is 1. The summed E-state index contributed by atoms with van der Waals surface area (Å²) in [6.07, 6.45) is -0.0585. The number of ether oxygens (including phenoxy) is 2. The number of phenols is 1. The van der Waals surface area contributed by atoms with E-state index in [1.165, 1.54) is 32.4 Å². The van der Waals surface area contributed by atoms with E-state index < -0.39 is 5.91 Å². The Labute approximate surface area is 167 Å². The van der Waals surface area contributed by atoms with Gasteiger partial charge in [0.15, 0.2) is 0 Å².